The van der Waals surface area contributed by atoms with Crippen LogP contribution in [0, 0.1) is 5.92 Å². The van der Waals surface area contributed by atoms with Crippen molar-refractivity contribution in [2.75, 3.05) is 0 Å². The van der Waals surface area contributed by atoms with Gasteiger partial charge in [-0.2, -0.15) is 0 Å². The van der Waals surface area contributed by atoms with E-state index < -0.39 is 5.60 Å². The van der Waals surface area contributed by atoms with Crippen molar-refractivity contribution in [1.29, 1.82) is 0 Å². The Bertz CT molecular complexity index is 365. The molecule has 0 radical (unpaired) electrons. The van der Waals surface area contributed by atoms with Crippen molar-refractivity contribution in [3.05, 3.63) is 29.8 Å². The van der Waals surface area contributed by atoms with Gasteiger partial charge in [-0.25, -0.2) is 0 Å². The van der Waals surface area contributed by atoms with Crippen LogP contribution in [-0.4, -0.2) is 11.2 Å². The molecule has 1 aliphatic rings. The zero-order valence-electron chi connectivity index (χ0n) is 10.2. The van der Waals surface area contributed by atoms with Crippen molar-refractivity contribution < 1.29 is 9.84 Å². The van der Waals surface area contributed by atoms with E-state index in [0.29, 0.717) is 5.92 Å². The highest BCUT2D eigenvalue weighted by Gasteiger charge is 2.41. The predicted octanol–water partition coefficient (Wildman–Crippen LogP) is 3.09. The molecule has 0 saturated heterocycles. The van der Waals surface area contributed by atoms with Crippen molar-refractivity contribution in [2.45, 2.75) is 45.3 Å². The summed E-state index contributed by atoms with van der Waals surface area (Å²) in [5, 5.41) is 10.4. The van der Waals surface area contributed by atoms with Gasteiger partial charge in [0.2, 0.25) is 0 Å². The van der Waals surface area contributed by atoms with Crippen molar-refractivity contribution in [1.82, 2.24) is 0 Å². The number of hydrogen-bond acceptors (Lipinski definition) is 2. The highest BCUT2D eigenvalue weighted by molar-refractivity contribution is 5.33. The molecule has 2 rings (SSSR count). The van der Waals surface area contributed by atoms with E-state index >= 15 is 0 Å². The Balaban J connectivity index is 2.21. The molecule has 2 heteroatoms. The van der Waals surface area contributed by atoms with Crippen molar-refractivity contribution in [2.24, 2.45) is 5.92 Å². The minimum absolute atomic E-state index is 0.168. The lowest BCUT2D eigenvalue weighted by molar-refractivity contribution is 0.0327. The van der Waals surface area contributed by atoms with E-state index in [-0.39, 0.29) is 6.10 Å². The van der Waals surface area contributed by atoms with Gasteiger partial charge in [-0.05, 0) is 57.2 Å². The van der Waals surface area contributed by atoms with Crippen LogP contribution in [0.2, 0.25) is 0 Å². The van der Waals surface area contributed by atoms with Gasteiger partial charge in [0.15, 0.2) is 0 Å². The first kappa shape index (κ1) is 11.5. The summed E-state index contributed by atoms with van der Waals surface area (Å²) in [6, 6.07) is 7.82. The maximum atomic E-state index is 10.4. The standard InChI is InChI=1S/C14H20O2/c1-10(2)16-13-6-4-5-12(9-13)14(3,15)11-7-8-11/h4-6,9-11,15H,7-8H2,1-3H3/t14-/m1/s1. The highest BCUT2D eigenvalue weighted by Crippen LogP contribution is 2.45. The molecule has 0 bridgehead atoms. The third-order valence-corrected chi connectivity index (χ3v) is 3.16. The molecule has 0 unspecified atom stereocenters. The van der Waals surface area contributed by atoms with Crippen LogP contribution < -0.4 is 4.74 Å². The maximum Gasteiger partial charge on any atom is 0.120 e. The van der Waals surface area contributed by atoms with Crippen LogP contribution in [0.5, 0.6) is 5.75 Å². The van der Waals surface area contributed by atoms with Gasteiger partial charge < -0.3 is 9.84 Å². The van der Waals surface area contributed by atoms with E-state index in [2.05, 4.69) is 0 Å². The van der Waals surface area contributed by atoms with Gasteiger partial charge >= 0.3 is 0 Å². The summed E-state index contributed by atoms with van der Waals surface area (Å²) in [5.41, 5.74) is 0.268. The summed E-state index contributed by atoms with van der Waals surface area (Å²) < 4.78 is 5.64. The normalized spacial score (nSPS) is 19.6. The lowest BCUT2D eigenvalue weighted by Crippen LogP contribution is -2.23. The number of ether oxygens (including phenoxy) is 1. The minimum Gasteiger partial charge on any atom is -0.491 e. The first-order chi connectivity index (χ1) is 7.50. The van der Waals surface area contributed by atoms with Crippen LogP contribution in [0.25, 0.3) is 0 Å². The van der Waals surface area contributed by atoms with E-state index in [1.165, 1.54) is 0 Å². The monoisotopic (exact) mass is 220 g/mol. The summed E-state index contributed by atoms with van der Waals surface area (Å²) in [4.78, 5) is 0. The van der Waals surface area contributed by atoms with Crippen LogP contribution in [0.1, 0.15) is 39.2 Å². The Labute approximate surface area is 97.3 Å². The van der Waals surface area contributed by atoms with E-state index in [1.54, 1.807) is 0 Å². The molecule has 0 spiro atoms. The lowest BCUT2D eigenvalue weighted by Gasteiger charge is -2.24. The van der Waals surface area contributed by atoms with Crippen molar-refractivity contribution >= 4 is 0 Å². The largest absolute Gasteiger partial charge is 0.491 e. The van der Waals surface area contributed by atoms with Crippen LogP contribution in [0.3, 0.4) is 0 Å². The third-order valence-electron chi connectivity index (χ3n) is 3.16. The van der Waals surface area contributed by atoms with Crippen molar-refractivity contribution in [3.63, 3.8) is 0 Å². The fraction of sp³-hybridized carbons (Fsp3) is 0.571. The summed E-state index contributed by atoms with van der Waals surface area (Å²) >= 11 is 0. The maximum absolute atomic E-state index is 10.4. The molecule has 1 atom stereocenters. The fourth-order valence-corrected chi connectivity index (χ4v) is 2.04. The zero-order valence-corrected chi connectivity index (χ0v) is 10.2. The smallest absolute Gasteiger partial charge is 0.120 e. The molecule has 1 aliphatic carbocycles. The molecule has 1 saturated carbocycles. The highest BCUT2D eigenvalue weighted by atomic mass is 16.5. The first-order valence-corrected chi connectivity index (χ1v) is 5.99. The van der Waals surface area contributed by atoms with Gasteiger partial charge in [0, 0.05) is 0 Å². The Morgan fingerprint density at radius 3 is 2.62 bits per heavy atom. The van der Waals surface area contributed by atoms with Gasteiger partial charge in [-0.1, -0.05) is 12.1 Å². The molecule has 2 nitrogen and oxygen atoms in total. The van der Waals surface area contributed by atoms with E-state index in [0.717, 1.165) is 24.2 Å². The number of benzene rings is 1. The summed E-state index contributed by atoms with van der Waals surface area (Å²) in [7, 11) is 0. The first-order valence-electron chi connectivity index (χ1n) is 5.99. The van der Waals surface area contributed by atoms with Crippen LogP contribution in [-0.2, 0) is 5.60 Å². The second-order valence-electron chi connectivity index (χ2n) is 5.12. The number of rotatable bonds is 4. The molecule has 0 amide bonds. The molecular weight excluding hydrogens is 200 g/mol. The summed E-state index contributed by atoms with van der Waals surface area (Å²) in [6.07, 6.45) is 2.42. The van der Waals surface area contributed by atoms with Gasteiger partial charge in [-0.15, -0.1) is 0 Å². The molecule has 0 aromatic heterocycles. The molecule has 1 aromatic rings. The molecule has 0 heterocycles. The Hall–Kier alpha value is -1.02. The average molecular weight is 220 g/mol. The Kier molecular flexibility index (Phi) is 2.94. The number of aliphatic hydroxyl groups is 1. The molecule has 88 valence electrons. The summed E-state index contributed by atoms with van der Waals surface area (Å²) in [5.74, 6) is 1.26. The molecule has 1 N–H and O–H groups in total. The van der Waals surface area contributed by atoms with Crippen LogP contribution >= 0.6 is 0 Å². The van der Waals surface area contributed by atoms with Crippen LogP contribution in [0.15, 0.2) is 24.3 Å². The third kappa shape index (κ3) is 2.38. The average Bonchev–Trinajstić information content (AvgIpc) is 3.00. The second-order valence-corrected chi connectivity index (χ2v) is 5.12. The second kappa shape index (κ2) is 4.10. The number of hydrogen-bond donors (Lipinski definition) is 1. The fourth-order valence-electron chi connectivity index (χ4n) is 2.04. The Morgan fingerprint density at radius 2 is 2.06 bits per heavy atom. The molecule has 16 heavy (non-hydrogen) atoms. The van der Waals surface area contributed by atoms with Gasteiger partial charge in [0.25, 0.3) is 0 Å². The quantitative estimate of drug-likeness (QED) is 0.845. The lowest BCUT2D eigenvalue weighted by atomic mass is 9.91. The molecule has 0 aliphatic heterocycles. The van der Waals surface area contributed by atoms with Crippen molar-refractivity contribution in [3.8, 4) is 5.75 Å². The Morgan fingerprint density at radius 1 is 1.38 bits per heavy atom. The SMILES string of the molecule is CC(C)Oc1cccc([C@](C)(O)C2CC2)c1. The van der Waals surface area contributed by atoms with Gasteiger partial charge in [-0.3, -0.25) is 0 Å². The topological polar surface area (TPSA) is 29.5 Å². The predicted molar refractivity (Wildman–Crippen MR) is 64.5 cm³/mol. The molecule has 1 aromatic carbocycles. The van der Waals surface area contributed by atoms with E-state index in [4.69, 9.17) is 4.74 Å². The van der Waals surface area contributed by atoms with Gasteiger partial charge in [0.05, 0.1) is 11.7 Å². The molecular formula is C14H20O2. The van der Waals surface area contributed by atoms with E-state index in [1.807, 2.05) is 45.0 Å². The summed E-state index contributed by atoms with van der Waals surface area (Å²) in [6.45, 7) is 5.91. The van der Waals surface area contributed by atoms with E-state index in [9.17, 15) is 5.11 Å². The van der Waals surface area contributed by atoms with Crippen LogP contribution in [0.4, 0.5) is 0 Å². The minimum atomic E-state index is -0.698. The molecule has 1 fully saturated rings. The van der Waals surface area contributed by atoms with Gasteiger partial charge in [0.1, 0.15) is 5.75 Å². The zero-order chi connectivity index (χ0) is 11.8.